The van der Waals surface area contributed by atoms with Gasteiger partial charge in [-0.15, -0.1) is 0 Å². The molecule has 0 amide bonds. The maximum absolute atomic E-state index is 5.64. The summed E-state index contributed by atoms with van der Waals surface area (Å²) in [6, 6.07) is 16.4. The number of methoxy groups -OCH3 is 1. The van der Waals surface area contributed by atoms with Gasteiger partial charge in [-0.25, -0.2) is 0 Å². The fourth-order valence-corrected chi connectivity index (χ4v) is 1.49. The normalized spacial score (nSPS) is 9.93. The lowest BCUT2D eigenvalue weighted by molar-refractivity contribution is 0.416. The Hall–Kier alpha value is -1.96. The number of benzene rings is 2. The van der Waals surface area contributed by atoms with Gasteiger partial charge in [0.2, 0.25) is 0 Å². The van der Waals surface area contributed by atoms with Crippen LogP contribution in [0.5, 0.6) is 5.75 Å². The van der Waals surface area contributed by atoms with Gasteiger partial charge >= 0.3 is 0 Å². The van der Waals surface area contributed by atoms with Crippen LogP contribution in [0.3, 0.4) is 0 Å². The average molecular weight is 198 g/mol. The van der Waals surface area contributed by atoms with Gasteiger partial charge in [0.05, 0.1) is 7.11 Å². The topological polar surface area (TPSA) is 35.2 Å². The van der Waals surface area contributed by atoms with E-state index >= 15 is 0 Å². The van der Waals surface area contributed by atoms with Crippen molar-refractivity contribution < 1.29 is 4.74 Å². The van der Waals surface area contributed by atoms with Gasteiger partial charge in [-0.2, -0.15) is 0 Å². The zero-order chi connectivity index (χ0) is 10.7. The molecule has 0 atom stereocenters. The molecule has 0 saturated heterocycles. The minimum atomic E-state index is 0.764. The Morgan fingerprint density at radius 2 is 1.87 bits per heavy atom. The lowest BCUT2D eigenvalue weighted by Gasteiger charge is -2.07. The van der Waals surface area contributed by atoms with Crippen molar-refractivity contribution in [2.24, 2.45) is 0 Å². The van der Waals surface area contributed by atoms with Gasteiger partial charge < -0.3 is 10.5 Å². The number of nitrogens with two attached hydrogens (primary N) is 1. The standard InChI is InChI=1S/C13H12NO/c1-15-13-5-3-2-4-12(13)10-6-8-11(14)9-7-10/h2,4-9H,14H2,1H3. The fourth-order valence-electron chi connectivity index (χ4n) is 1.49. The van der Waals surface area contributed by atoms with Gasteiger partial charge in [0.15, 0.2) is 0 Å². The van der Waals surface area contributed by atoms with Gasteiger partial charge in [-0.3, -0.25) is 0 Å². The van der Waals surface area contributed by atoms with Gasteiger partial charge in [0, 0.05) is 11.3 Å². The molecular formula is C13H12NO. The molecule has 2 heteroatoms. The summed E-state index contributed by atoms with van der Waals surface area (Å²) in [5, 5.41) is 0. The van der Waals surface area contributed by atoms with E-state index in [4.69, 9.17) is 10.5 Å². The van der Waals surface area contributed by atoms with Crippen molar-refractivity contribution in [3.05, 3.63) is 48.5 Å². The summed E-state index contributed by atoms with van der Waals surface area (Å²) in [6.45, 7) is 0. The highest BCUT2D eigenvalue weighted by Gasteiger charge is 2.03. The van der Waals surface area contributed by atoms with Crippen LogP contribution in [0.1, 0.15) is 0 Å². The lowest BCUT2D eigenvalue weighted by Crippen LogP contribution is -1.88. The van der Waals surface area contributed by atoms with Crippen molar-refractivity contribution in [2.75, 3.05) is 12.8 Å². The minimum absolute atomic E-state index is 0.764. The molecule has 0 unspecified atom stereocenters. The molecule has 2 aromatic carbocycles. The number of hydrogen-bond donors (Lipinski definition) is 1. The number of rotatable bonds is 2. The zero-order valence-electron chi connectivity index (χ0n) is 8.53. The van der Waals surface area contributed by atoms with Crippen molar-refractivity contribution in [3.8, 4) is 16.9 Å². The molecule has 2 aromatic rings. The van der Waals surface area contributed by atoms with E-state index in [9.17, 15) is 0 Å². The second-order valence-corrected chi connectivity index (χ2v) is 3.25. The van der Waals surface area contributed by atoms with Crippen LogP contribution in [0.2, 0.25) is 0 Å². The molecule has 0 aromatic heterocycles. The number of anilines is 1. The van der Waals surface area contributed by atoms with Crippen molar-refractivity contribution in [2.45, 2.75) is 0 Å². The third kappa shape index (κ3) is 1.94. The van der Waals surface area contributed by atoms with Crippen molar-refractivity contribution in [1.29, 1.82) is 0 Å². The highest BCUT2D eigenvalue weighted by molar-refractivity contribution is 5.71. The molecule has 0 aliphatic rings. The molecule has 2 N–H and O–H groups in total. The Labute approximate surface area is 89.3 Å². The fraction of sp³-hybridized carbons (Fsp3) is 0.0769. The van der Waals surface area contributed by atoms with Crippen LogP contribution in [0.25, 0.3) is 11.1 Å². The molecule has 2 rings (SSSR count). The lowest BCUT2D eigenvalue weighted by atomic mass is 10.0. The van der Waals surface area contributed by atoms with E-state index < -0.39 is 0 Å². The van der Waals surface area contributed by atoms with Gasteiger partial charge in [-0.05, 0) is 29.8 Å². The first-order valence-corrected chi connectivity index (χ1v) is 4.71. The summed E-state index contributed by atoms with van der Waals surface area (Å²) in [5.41, 5.74) is 8.55. The second-order valence-electron chi connectivity index (χ2n) is 3.25. The first-order chi connectivity index (χ1) is 7.31. The van der Waals surface area contributed by atoms with Crippen LogP contribution in [0, 0.1) is 6.07 Å². The maximum atomic E-state index is 5.64. The Morgan fingerprint density at radius 3 is 2.53 bits per heavy atom. The van der Waals surface area contributed by atoms with Crippen LogP contribution in [-0.2, 0) is 0 Å². The number of hydrogen-bond acceptors (Lipinski definition) is 2. The highest BCUT2D eigenvalue weighted by Crippen LogP contribution is 2.29. The van der Waals surface area contributed by atoms with E-state index in [1.165, 1.54) is 0 Å². The van der Waals surface area contributed by atoms with E-state index in [1.54, 1.807) is 7.11 Å². The zero-order valence-corrected chi connectivity index (χ0v) is 8.53. The van der Waals surface area contributed by atoms with Crippen LogP contribution in [0.4, 0.5) is 5.69 Å². The van der Waals surface area contributed by atoms with Gasteiger partial charge in [0.1, 0.15) is 5.75 Å². The first-order valence-electron chi connectivity index (χ1n) is 4.71. The highest BCUT2D eigenvalue weighted by atomic mass is 16.5. The third-order valence-corrected chi connectivity index (χ3v) is 2.27. The summed E-state index contributed by atoms with van der Waals surface area (Å²) in [4.78, 5) is 0. The number of nitrogen functional groups attached to an aromatic ring is 1. The molecule has 0 aliphatic heterocycles. The molecule has 0 spiro atoms. The van der Waals surface area contributed by atoms with E-state index in [2.05, 4.69) is 6.07 Å². The van der Waals surface area contributed by atoms with Gasteiger partial charge in [0.25, 0.3) is 0 Å². The first kappa shape index (κ1) is 9.59. The third-order valence-electron chi connectivity index (χ3n) is 2.27. The summed E-state index contributed by atoms with van der Waals surface area (Å²) < 4.78 is 5.27. The summed E-state index contributed by atoms with van der Waals surface area (Å²) >= 11 is 0. The average Bonchev–Trinajstić information content (AvgIpc) is 2.30. The summed E-state index contributed by atoms with van der Waals surface area (Å²) in [6.07, 6.45) is 0. The molecule has 0 bridgehead atoms. The Kier molecular flexibility index (Phi) is 2.59. The molecule has 15 heavy (non-hydrogen) atoms. The second kappa shape index (κ2) is 4.05. The predicted molar refractivity (Wildman–Crippen MR) is 61.7 cm³/mol. The van der Waals surface area contributed by atoms with E-state index in [0.717, 1.165) is 22.6 Å². The molecule has 0 heterocycles. The summed E-state index contributed by atoms with van der Waals surface area (Å²) in [7, 11) is 1.66. The van der Waals surface area contributed by atoms with Crippen molar-refractivity contribution in [1.82, 2.24) is 0 Å². The Morgan fingerprint density at radius 1 is 1.13 bits per heavy atom. The van der Waals surface area contributed by atoms with Crippen LogP contribution in [0.15, 0.2) is 42.5 Å². The van der Waals surface area contributed by atoms with Crippen molar-refractivity contribution in [3.63, 3.8) is 0 Å². The molecule has 0 aliphatic carbocycles. The largest absolute Gasteiger partial charge is 0.496 e. The monoisotopic (exact) mass is 198 g/mol. The maximum Gasteiger partial charge on any atom is 0.127 e. The molecular weight excluding hydrogens is 186 g/mol. The minimum Gasteiger partial charge on any atom is -0.496 e. The van der Waals surface area contributed by atoms with Gasteiger partial charge in [-0.1, -0.05) is 24.3 Å². The van der Waals surface area contributed by atoms with Crippen LogP contribution < -0.4 is 10.5 Å². The SMILES string of the molecule is COc1c[c]ccc1-c1ccc(N)cc1. The van der Waals surface area contributed by atoms with E-state index in [0.29, 0.717) is 0 Å². The molecule has 1 radical (unpaired) electrons. The van der Waals surface area contributed by atoms with E-state index in [1.807, 2.05) is 42.5 Å². The molecule has 0 fully saturated rings. The predicted octanol–water partition coefficient (Wildman–Crippen LogP) is 2.74. The summed E-state index contributed by atoms with van der Waals surface area (Å²) in [5.74, 6) is 0.822. The van der Waals surface area contributed by atoms with Crippen LogP contribution in [-0.4, -0.2) is 7.11 Å². The van der Waals surface area contributed by atoms with Crippen LogP contribution >= 0.6 is 0 Å². The Bertz CT molecular complexity index is 448. The van der Waals surface area contributed by atoms with Crippen molar-refractivity contribution >= 4 is 5.69 Å². The number of ether oxygens (including phenoxy) is 1. The Balaban J connectivity index is 2.49. The molecule has 0 saturated carbocycles. The quantitative estimate of drug-likeness (QED) is 0.753. The van der Waals surface area contributed by atoms with E-state index in [-0.39, 0.29) is 0 Å². The smallest absolute Gasteiger partial charge is 0.127 e. The molecule has 75 valence electrons. The molecule has 2 nitrogen and oxygen atoms in total.